The van der Waals surface area contributed by atoms with Gasteiger partial charge in [0.2, 0.25) is 0 Å². The molecule has 1 fully saturated rings. The molecule has 2 atom stereocenters. The molecule has 2 aromatic rings. The quantitative estimate of drug-likeness (QED) is 0.924. The smallest absolute Gasteiger partial charge is 0.0942 e. The largest absolute Gasteiger partial charge is 0.387 e. The van der Waals surface area contributed by atoms with E-state index in [2.05, 4.69) is 47.9 Å². The number of benzene rings is 2. The normalized spacial score (nSPS) is 17.9. The van der Waals surface area contributed by atoms with Gasteiger partial charge in [0.25, 0.3) is 0 Å². The Labute approximate surface area is 146 Å². The minimum atomic E-state index is -0.429. The fraction of sp³-hybridized carbons (Fsp3) is 0.429. The van der Waals surface area contributed by atoms with Crippen LogP contribution >= 0.6 is 0 Å². The third-order valence-electron chi connectivity index (χ3n) is 4.86. The maximum absolute atomic E-state index is 10.6. The minimum Gasteiger partial charge on any atom is -0.387 e. The van der Waals surface area contributed by atoms with Crippen LogP contribution in [0.3, 0.4) is 0 Å². The van der Waals surface area contributed by atoms with E-state index in [9.17, 15) is 5.11 Å². The van der Waals surface area contributed by atoms with Crippen LogP contribution in [-0.2, 0) is 0 Å². The van der Waals surface area contributed by atoms with Gasteiger partial charge in [-0.2, -0.15) is 0 Å². The number of aryl methyl sites for hydroxylation is 1. The Morgan fingerprint density at radius 1 is 0.917 bits per heavy atom. The highest BCUT2D eigenvalue weighted by Gasteiger charge is 2.26. The summed E-state index contributed by atoms with van der Waals surface area (Å²) in [7, 11) is 0. The van der Waals surface area contributed by atoms with E-state index in [4.69, 9.17) is 0 Å². The molecule has 0 radical (unpaired) electrons. The van der Waals surface area contributed by atoms with E-state index >= 15 is 0 Å². The van der Waals surface area contributed by atoms with Crippen molar-refractivity contribution < 1.29 is 5.11 Å². The summed E-state index contributed by atoms with van der Waals surface area (Å²) in [6.45, 7) is 8.25. The molecule has 0 spiro atoms. The maximum atomic E-state index is 10.6. The molecule has 0 aliphatic carbocycles. The van der Waals surface area contributed by atoms with Crippen molar-refractivity contribution in [3.8, 4) is 0 Å². The second-order valence-corrected chi connectivity index (χ2v) is 6.46. The predicted octanol–water partition coefficient (Wildman–Crippen LogP) is 3.88. The average molecular weight is 326 g/mol. The number of piperazine rings is 1. The molecule has 0 saturated carbocycles. The summed E-state index contributed by atoms with van der Waals surface area (Å²) in [4.78, 5) is 4.83. The summed E-state index contributed by atoms with van der Waals surface area (Å²) < 4.78 is 0. The molecule has 24 heavy (non-hydrogen) atoms. The zero-order valence-electron chi connectivity index (χ0n) is 14.0. The monoisotopic (exact) mass is 326 g/mol. The van der Waals surface area contributed by atoms with Crippen molar-refractivity contribution in [2.24, 2.45) is 0 Å². The number of nitrogens with zero attached hydrogens (tertiary/aromatic N) is 2. The van der Waals surface area contributed by atoms with Crippen LogP contribution in [0.5, 0.6) is 0 Å². The molecule has 130 valence electrons. The first-order valence-corrected chi connectivity index (χ1v) is 8.44. The van der Waals surface area contributed by atoms with Gasteiger partial charge in [-0.05, 0) is 37.1 Å². The third-order valence-corrected chi connectivity index (χ3v) is 4.86. The van der Waals surface area contributed by atoms with Gasteiger partial charge in [0.15, 0.2) is 0 Å². The first-order chi connectivity index (χ1) is 11.1. The molecule has 0 bridgehead atoms. The Balaban J connectivity index is 0.00000208. The summed E-state index contributed by atoms with van der Waals surface area (Å²) >= 11 is 0. The zero-order chi connectivity index (χ0) is 16.2. The summed E-state index contributed by atoms with van der Waals surface area (Å²) in [5, 5.41) is 10.6. The van der Waals surface area contributed by atoms with Gasteiger partial charge in [-0.15, -0.1) is 0 Å². The summed E-state index contributed by atoms with van der Waals surface area (Å²) in [5.74, 6) is 0. The lowest BCUT2D eigenvalue weighted by molar-refractivity contribution is 0.0546. The number of hydrogen-bond donors (Lipinski definition) is 1. The fourth-order valence-electron chi connectivity index (χ4n) is 3.34. The van der Waals surface area contributed by atoms with Crippen LogP contribution in [0.2, 0.25) is 0 Å². The molecule has 2 aromatic carbocycles. The molecule has 3 heteroatoms. The van der Waals surface area contributed by atoms with Crippen LogP contribution in [-0.4, -0.2) is 42.2 Å². The van der Waals surface area contributed by atoms with Gasteiger partial charge in [-0.1, -0.05) is 49.9 Å². The highest BCUT2D eigenvalue weighted by molar-refractivity contribution is 5.48. The highest BCUT2D eigenvalue weighted by Crippen LogP contribution is 2.23. The average Bonchev–Trinajstić information content (AvgIpc) is 2.61. The maximum Gasteiger partial charge on any atom is 0.0942 e. The summed E-state index contributed by atoms with van der Waals surface area (Å²) in [6.07, 6.45) is -0.429. The van der Waals surface area contributed by atoms with Crippen molar-refractivity contribution in [3.05, 3.63) is 65.7 Å². The van der Waals surface area contributed by atoms with Crippen LogP contribution in [0.15, 0.2) is 54.6 Å². The van der Waals surface area contributed by atoms with E-state index in [1.807, 2.05) is 30.3 Å². The summed E-state index contributed by atoms with van der Waals surface area (Å²) in [6, 6.07) is 18.8. The number of aliphatic hydroxyl groups is 1. The molecule has 3 nitrogen and oxygen atoms in total. The van der Waals surface area contributed by atoms with Crippen LogP contribution < -0.4 is 4.90 Å². The van der Waals surface area contributed by atoms with Gasteiger partial charge in [0.1, 0.15) is 0 Å². The molecular formula is C21H30N2O. The van der Waals surface area contributed by atoms with Gasteiger partial charge in [0.05, 0.1) is 6.10 Å². The first-order valence-electron chi connectivity index (χ1n) is 8.44. The number of aliphatic hydroxyl groups excluding tert-OH is 1. The topological polar surface area (TPSA) is 26.7 Å². The fourth-order valence-corrected chi connectivity index (χ4v) is 3.34. The molecule has 3 rings (SSSR count). The number of anilines is 1. The Morgan fingerprint density at radius 2 is 1.58 bits per heavy atom. The molecule has 0 amide bonds. The van der Waals surface area contributed by atoms with E-state index in [-0.39, 0.29) is 13.5 Å². The predicted molar refractivity (Wildman–Crippen MR) is 103 cm³/mol. The van der Waals surface area contributed by atoms with Crippen LogP contribution in [0, 0.1) is 6.92 Å². The Morgan fingerprint density at radius 3 is 2.21 bits per heavy atom. The van der Waals surface area contributed by atoms with E-state index in [0.717, 1.165) is 31.7 Å². The van der Waals surface area contributed by atoms with Crippen molar-refractivity contribution in [1.29, 1.82) is 0 Å². The lowest BCUT2D eigenvalue weighted by atomic mass is 10.0. The zero-order valence-corrected chi connectivity index (χ0v) is 14.0. The molecule has 1 N–H and O–H groups in total. The lowest BCUT2D eigenvalue weighted by Crippen LogP contribution is -2.51. The Hall–Kier alpha value is -1.84. The van der Waals surface area contributed by atoms with Gasteiger partial charge in [-0.25, -0.2) is 0 Å². The van der Waals surface area contributed by atoms with Crippen molar-refractivity contribution in [2.75, 3.05) is 31.1 Å². The second-order valence-electron chi connectivity index (χ2n) is 6.46. The van der Waals surface area contributed by atoms with Crippen molar-refractivity contribution in [3.63, 3.8) is 0 Å². The molecule has 0 aromatic heterocycles. The molecule has 2 unspecified atom stereocenters. The van der Waals surface area contributed by atoms with Crippen molar-refractivity contribution in [1.82, 2.24) is 4.90 Å². The molecule has 1 aliphatic rings. The minimum absolute atomic E-state index is 0. The molecule has 1 saturated heterocycles. The molecular weight excluding hydrogens is 296 g/mol. The highest BCUT2D eigenvalue weighted by atomic mass is 16.3. The van der Waals surface area contributed by atoms with Crippen LogP contribution in [0.1, 0.15) is 31.6 Å². The third kappa shape index (κ3) is 4.16. The van der Waals surface area contributed by atoms with Gasteiger partial charge < -0.3 is 10.0 Å². The van der Waals surface area contributed by atoms with E-state index in [1.54, 1.807) is 0 Å². The van der Waals surface area contributed by atoms with Crippen LogP contribution in [0.25, 0.3) is 0 Å². The lowest BCUT2D eigenvalue weighted by Gasteiger charge is -2.40. The van der Waals surface area contributed by atoms with E-state index in [0.29, 0.717) is 0 Å². The molecule has 1 aliphatic heterocycles. The van der Waals surface area contributed by atoms with E-state index < -0.39 is 6.10 Å². The van der Waals surface area contributed by atoms with Crippen molar-refractivity contribution >= 4 is 5.69 Å². The van der Waals surface area contributed by atoms with Crippen LogP contribution in [0.4, 0.5) is 5.69 Å². The van der Waals surface area contributed by atoms with Gasteiger partial charge in [-0.3, -0.25) is 4.90 Å². The number of rotatable bonds is 4. The van der Waals surface area contributed by atoms with E-state index in [1.165, 1.54) is 11.3 Å². The van der Waals surface area contributed by atoms with Gasteiger partial charge in [0, 0.05) is 37.9 Å². The van der Waals surface area contributed by atoms with Gasteiger partial charge >= 0.3 is 0 Å². The Kier molecular flexibility index (Phi) is 6.41. The summed E-state index contributed by atoms with van der Waals surface area (Å²) in [5.41, 5.74) is 3.61. The first kappa shape index (κ1) is 18.5. The second kappa shape index (κ2) is 8.32. The standard InChI is InChI=1S/C20H26N2O.CH4/c1-16-7-6-10-19(15-16)22-13-11-21(12-14-22)17(2)20(23)18-8-4-3-5-9-18;/h3-10,15,17,20,23H,11-14H2,1-2H3;1H4. The Bertz CT molecular complexity index is 621. The van der Waals surface area contributed by atoms with Crippen molar-refractivity contribution in [2.45, 2.75) is 33.4 Å². The molecule has 1 heterocycles. The number of hydrogen-bond acceptors (Lipinski definition) is 3. The SMILES string of the molecule is C.Cc1cccc(N2CCN(C(C)C(O)c3ccccc3)CC2)c1.